The molecule has 0 aliphatic heterocycles. The molecule has 0 unspecified atom stereocenters. The Kier molecular flexibility index (Phi) is 4.80. The molecule has 0 spiro atoms. The van der Waals surface area contributed by atoms with Crippen LogP contribution < -0.4 is 14.3 Å². The maximum atomic E-state index is 10.9. The predicted molar refractivity (Wildman–Crippen MR) is 112 cm³/mol. The molecular formula is C24H20OSn. The Morgan fingerprint density at radius 2 is 0.769 bits per heavy atom. The molecule has 4 aromatic rings. The van der Waals surface area contributed by atoms with Crippen LogP contribution >= 0.6 is 0 Å². The van der Waals surface area contributed by atoms with E-state index in [1.54, 1.807) is 0 Å². The minimum absolute atomic E-state index is 0.389. The summed E-state index contributed by atoms with van der Waals surface area (Å²) in [5, 5.41) is 10.9. The molecule has 126 valence electrons. The Labute approximate surface area is 158 Å². The van der Waals surface area contributed by atoms with Crippen LogP contribution in [0, 0.1) is 0 Å². The molecule has 26 heavy (non-hydrogen) atoms. The van der Waals surface area contributed by atoms with Crippen molar-refractivity contribution >= 4 is 32.7 Å². The van der Waals surface area contributed by atoms with Crippen molar-refractivity contribution in [3.8, 4) is 5.75 Å². The molecule has 0 amide bonds. The first kappa shape index (κ1) is 16.9. The van der Waals surface area contributed by atoms with Crippen LogP contribution in [0.15, 0.2) is 115 Å². The molecule has 0 heterocycles. The van der Waals surface area contributed by atoms with Crippen molar-refractivity contribution < 1.29 is 5.11 Å². The van der Waals surface area contributed by atoms with Crippen LogP contribution in [0.4, 0.5) is 0 Å². The average molecular weight is 443 g/mol. The minimum atomic E-state index is -3.62. The first-order valence-electron chi connectivity index (χ1n) is 8.78. The van der Waals surface area contributed by atoms with Gasteiger partial charge in [0.25, 0.3) is 0 Å². The molecule has 0 atom stereocenters. The molecule has 0 fully saturated rings. The number of para-hydroxylation sites is 1. The quantitative estimate of drug-likeness (QED) is 0.482. The second kappa shape index (κ2) is 7.38. The van der Waals surface area contributed by atoms with Gasteiger partial charge in [-0.1, -0.05) is 0 Å². The zero-order valence-corrected chi connectivity index (χ0v) is 17.3. The van der Waals surface area contributed by atoms with Gasteiger partial charge in [0.2, 0.25) is 0 Å². The van der Waals surface area contributed by atoms with Crippen LogP contribution in [-0.4, -0.2) is 23.5 Å². The molecule has 0 radical (unpaired) electrons. The van der Waals surface area contributed by atoms with Gasteiger partial charge in [-0.25, -0.2) is 0 Å². The van der Waals surface area contributed by atoms with E-state index in [4.69, 9.17) is 0 Å². The molecule has 0 saturated heterocycles. The van der Waals surface area contributed by atoms with Gasteiger partial charge in [-0.2, -0.15) is 0 Å². The van der Waals surface area contributed by atoms with Gasteiger partial charge in [-0.15, -0.1) is 0 Å². The normalized spacial score (nSPS) is 11.2. The van der Waals surface area contributed by atoms with Gasteiger partial charge in [0, 0.05) is 0 Å². The summed E-state index contributed by atoms with van der Waals surface area (Å²) in [6, 6.07) is 40.0. The first-order chi connectivity index (χ1) is 12.8. The van der Waals surface area contributed by atoms with E-state index in [2.05, 4.69) is 97.1 Å². The Bertz CT molecular complexity index is 885. The Morgan fingerprint density at radius 1 is 0.423 bits per heavy atom. The van der Waals surface area contributed by atoms with Crippen molar-refractivity contribution in [2.45, 2.75) is 0 Å². The molecule has 4 aromatic carbocycles. The van der Waals surface area contributed by atoms with Crippen LogP contribution in [0.25, 0.3) is 0 Å². The summed E-state index contributed by atoms with van der Waals surface area (Å²) >= 11 is -3.62. The van der Waals surface area contributed by atoms with Crippen molar-refractivity contribution in [3.63, 3.8) is 0 Å². The number of hydrogen-bond acceptors (Lipinski definition) is 1. The number of benzene rings is 4. The molecule has 1 N–H and O–H groups in total. The monoisotopic (exact) mass is 444 g/mol. The van der Waals surface area contributed by atoms with E-state index in [-0.39, 0.29) is 0 Å². The second-order valence-corrected chi connectivity index (χ2v) is 17.1. The SMILES string of the molecule is Oc1cccc[c]1[Sn]([c]1ccccc1)([c]1ccccc1)[c]1ccccc1. The number of phenolic OH excluding ortho intramolecular Hbond substituents is 1. The van der Waals surface area contributed by atoms with E-state index < -0.39 is 18.4 Å². The summed E-state index contributed by atoms with van der Waals surface area (Å²) in [4.78, 5) is 0. The van der Waals surface area contributed by atoms with Crippen molar-refractivity contribution in [2.75, 3.05) is 0 Å². The molecule has 0 aromatic heterocycles. The Morgan fingerprint density at radius 3 is 1.15 bits per heavy atom. The molecule has 1 nitrogen and oxygen atoms in total. The summed E-state index contributed by atoms with van der Waals surface area (Å²) in [6.45, 7) is 0. The van der Waals surface area contributed by atoms with Gasteiger partial charge in [-0.05, 0) is 0 Å². The zero-order chi connectivity index (χ0) is 17.8. The summed E-state index contributed by atoms with van der Waals surface area (Å²) < 4.78 is 5.09. The van der Waals surface area contributed by atoms with E-state index in [1.807, 2.05) is 18.2 Å². The third-order valence-corrected chi connectivity index (χ3v) is 18.7. The topological polar surface area (TPSA) is 20.2 Å². The Hall–Kier alpha value is -2.52. The molecule has 0 saturated carbocycles. The zero-order valence-electron chi connectivity index (χ0n) is 14.4. The van der Waals surface area contributed by atoms with Gasteiger partial charge in [0.15, 0.2) is 0 Å². The fourth-order valence-corrected chi connectivity index (χ4v) is 17.6. The van der Waals surface area contributed by atoms with E-state index in [1.165, 1.54) is 10.7 Å². The van der Waals surface area contributed by atoms with Crippen LogP contribution in [-0.2, 0) is 0 Å². The number of hydrogen-bond donors (Lipinski definition) is 1. The third kappa shape index (κ3) is 2.82. The van der Waals surface area contributed by atoms with Gasteiger partial charge in [-0.3, -0.25) is 0 Å². The van der Waals surface area contributed by atoms with E-state index in [9.17, 15) is 5.11 Å². The van der Waals surface area contributed by atoms with Crippen molar-refractivity contribution in [1.29, 1.82) is 0 Å². The summed E-state index contributed by atoms with van der Waals surface area (Å²) in [7, 11) is 0. The molecule has 2 heteroatoms. The van der Waals surface area contributed by atoms with Crippen LogP contribution in [0.1, 0.15) is 0 Å². The Balaban J connectivity index is 2.17. The third-order valence-electron chi connectivity index (χ3n) is 4.93. The van der Waals surface area contributed by atoms with Crippen molar-refractivity contribution in [2.24, 2.45) is 0 Å². The number of phenols is 1. The predicted octanol–water partition coefficient (Wildman–Crippen LogP) is 2.77. The molecule has 0 aliphatic rings. The number of rotatable bonds is 4. The maximum absolute atomic E-state index is 10.9. The molecule has 0 aliphatic carbocycles. The second-order valence-electron chi connectivity index (χ2n) is 6.37. The van der Waals surface area contributed by atoms with E-state index >= 15 is 0 Å². The summed E-state index contributed by atoms with van der Waals surface area (Å²) in [5.41, 5.74) is 0. The standard InChI is InChI=1S/C6H5O.3C6H5.Sn/c7-6-4-2-1-3-5-6;3*1-2-4-6-5-3-1;/h1-4,7H;3*1-5H;. The number of aromatic hydroxyl groups is 1. The van der Waals surface area contributed by atoms with Gasteiger partial charge in [0.1, 0.15) is 0 Å². The fourth-order valence-electron chi connectivity index (χ4n) is 3.82. The van der Waals surface area contributed by atoms with Gasteiger partial charge >= 0.3 is 159 Å². The molecular weight excluding hydrogens is 423 g/mol. The van der Waals surface area contributed by atoms with Crippen molar-refractivity contribution in [1.82, 2.24) is 0 Å². The average Bonchev–Trinajstić information content (AvgIpc) is 2.72. The van der Waals surface area contributed by atoms with Crippen LogP contribution in [0.2, 0.25) is 0 Å². The van der Waals surface area contributed by atoms with Crippen molar-refractivity contribution in [3.05, 3.63) is 115 Å². The summed E-state index contributed by atoms with van der Waals surface area (Å²) in [6.07, 6.45) is 0. The van der Waals surface area contributed by atoms with E-state index in [0.717, 1.165) is 3.58 Å². The van der Waals surface area contributed by atoms with E-state index in [0.29, 0.717) is 5.75 Å². The fraction of sp³-hybridized carbons (Fsp3) is 0. The summed E-state index contributed by atoms with van der Waals surface area (Å²) in [5.74, 6) is 0.389. The molecule has 0 bridgehead atoms. The van der Waals surface area contributed by atoms with Gasteiger partial charge < -0.3 is 0 Å². The molecule has 4 rings (SSSR count). The van der Waals surface area contributed by atoms with Crippen LogP contribution in [0.5, 0.6) is 5.75 Å². The van der Waals surface area contributed by atoms with Crippen LogP contribution in [0.3, 0.4) is 0 Å². The first-order valence-corrected chi connectivity index (χ1v) is 14.5. The van der Waals surface area contributed by atoms with Gasteiger partial charge in [0.05, 0.1) is 0 Å².